The van der Waals surface area contributed by atoms with Crippen LogP contribution in [0.5, 0.6) is 0 Å². The van der Waals surface area contributed by atoms with Crippen LogP contribution in [0.1, 0.15) is 46.5 Å². The fourth-order valence-electron chi connectivity index (χ4n) is 7.36. The highest BCUT2D eigenvalue weighted by atomic mass is 16.5. The van der Waals surface area contributed by atoms with Gasteiger partial charge in [0.25, 0.3) is 5.91 Å². The fourth-order valence-corrected chi connectivity index (χ4v) is 7.36. The number of amides is 3. The van der Waals surface area contributed by atoms with Crippen molar-refractivity contribution >= 4 is 29.1 Å². The number of aliphatic hydroxyl groups excluding tert-OH is 1. The summed E-state index contributed by atoms with van der Waals surface area (Å²) in [5, 5.41) is 9.30. The standard InChI is InChI=1S/C32H44N4O5/c1-5-31-17-11-19-33(4)28(38)25(31)26-29(39)36(20-9-8-10-22-37)27-30(40)35(21-12-18-32(26,27)41-31)24-15-13-23(14-16-24)34(6-2)7-3/h11-18,25-27,37H,5-10,19-22H2,1-4H3/t25-,26-,27?,31+,32-/m0/s1. The van der Waals surface area contributed by atoms with E-state index in [0.717, 1.165) is 30.9 Å². The van der Waals surface area contributed by atoms with E-state index < -0.39 is 29.1 Å². The van der Waals surface area contributed by atoms with Crippen molar-refractivity contribution in [2.45, 2.75) is 63.7 Å². The Morgan fingerprint density at radius 3 is 2.27 bits per heavy atom. The average molecular weight is 565 g/mol. The number of anilines is 2. The number of unbranched alkanes of at least 4 members (excludes halogenated alkanes) is 2. The van der Waals surface area contributed by atoms with Gasteiger partial charge in [-0.1, -0.05) is 31.2 Å². The van der Waals surface area contributed by atoms with Crippen molar-refractivity contribution in [3.8, 4) is 0 Å². The minimum atomic E-state index is -1.25. The molecule has 2 fully saturated rings. The monoisotopic (exact) mass is 564 g/mol. The van der Waals surface area contributed by atoms with Crippen molar-refractivity contribution in [3.05, 3.63) is 48.6 Å². The number of ether oxygens (including phenoxy) is 1. The largest absolute Gasteiger partial charge is 0.396 e. The highest BCUT2D eigenvalue weighted by Gasteiger charge is 2.75. The molecule has 4 aliphatic rings. The van der Waals surface area contributed by atoms with Gasteiger partial charge in [-0.2, -0.15) is 0 Å². The summed E-state index contributed by atoms with van der Waals surface area (Å²) in [6.07, 6.45) is 10.3. The number of aliphatic hydroxyl groups is 1. The van der Waals surface area contributed by atoms with Gasteiger partial charge in [0.05, 0.1) is 17.4 Å². The van der Waals surface area contributed by atoms with Gasteiger partial charge in [-0.25, -0.2) is 0 Å². The van der Waals surface area contributed by atoms with Crippen LogP contribution in [0.25, 0.3) is 0 Å². The summed E-state index contributed by atoms with van der Waals surface area (Å²) < 4.78 is 6.98. The molecule has 1 aromatic rings. The van der Waals surface area contributed by atoms with Gasteiger partial charge in [-0.3, -0.25) is 14.4 Å². The van der Waals surface area contributed by atoms with Gasteiger partial charge in [-0.05, 0) is 63.8 Å². The number of rotatable bonds is 10. The Morgan fingerprint density at radius 2 is 1.61 bits per heavy atom. The third kappa shape index (κ3) is 4.67. The second-order valence-corrected chi connectivity index (χ2v) is 11.6. The molecule has 4 heterocycles. The first-order valence-electron chi connectivity index (χ1n) is 15.2. The van der Waals surface area contributed by atoms with Gasteiger partial charge in [0.1, 0.15) is 11.6 Å². The van der Waals surface area contributed by atoms with Crippen molar-refractivity contribution in [1.82, 2.24) is 9.80 Å². The molecule has 9 nitrogen and oxygen atoms in total. The molecule has 1 aromatic carbocycles. The van der Waals surface area contributed by atoms with E-state index in [1.165, 1.54) is 0 Å². The number of hydrogen-bond donors (Lipinski definition) is 1. The Bertz CT molecular complexity index is 1210. The molecule has 0 aliphatic carbocycles. The lowest BCUT2D eigenvalue weighted by atomic mass is 9.73. The van der Waals surface area contributed by atoms with E-state index in [2.05, 4.69) is 18.7 Å². The number of nitrogens with zero attached hydrogens (tertiary/aromatic N) is 4. The van der Waals surface area contributed by atoms with Crippen LogP contribution < -0.4 is 9.80 Å². The molecule has 1 spiro atoms. The first kappa shape index (κ1) is 29.3. The van der Waals surface area contributed by atoms with Crippen LogP contribution >= 0.6 is 0 Å². The van der Waals surface area contributed by atoms with E-state index in [1.54, 1.807) is 21.7 Å². The number of likely N-dealkylation sites (tertiary alicyclic amines) is 1. The van der Waals surface area contributed by atoms with Crippen LogP contribution in [0.2, 0.25) is 0 Å². The second-order valence-electron chi connectivity index (χ2n) is 11.6. The number of hydrogen-bond acceptors (Lipinski definition) is 6. The first-order valence-corrected chi connectivity index (χ1v) is 15.2. The molecule has 0 aromatic heterocycles. The molecule has 0 radical (unpaired) electrons. The van der Waals surface area contributed by atoms with Crippen LogP contribution in [0, 0.1) is 11.8 Å². The summed E-state index contributed by atoms with van der Waals surface area (Å²) in [6, 6.07) is 7.10. The number of fused-ring (bicyclic) bond motifs is 2. The van der Waals surface area contributed by atoms with Gasteiger partial charge in [-0.15, -0.1) is 0 Å². The van der Waals surface area contributed by atoms with Gasteiger partial charge in [0.2, 0.25) is 11.8 Å². The average Bonchev–Trinajstić information content (AvgIpc) is 3.27. The van der Waals surface area contributed by atoms with Crippen LogP contribution in [-0.4, -0.2) is 96.3 Å². The zero-order chi connectivity index (χ0) is 29.4. The van der Waals surface area contributed by atoms with E-state index >= 15 is 0 Å². The molecule has 9 heteroatoms. The minimum Gasteiger partial charge on any atom is -0.396 e. The quantitative estimate of drug-likeness (QED) is 0.347. The molecule has 2 saturated heterocycles. The Kier molecular flexibility index (Phi) is 8.30. The van der Waals surface area contributed by atoms with E-state index in [4.69, 9.17) is 4.74 Å². The Hall–Kier alpha value is -3.17. The third-order valence-electron chi connectivity index (χ3n) is 9.49. The van der Waals surface area contributed by atoms with E-state index in [0.29, 0.717) is 38.9 Å². The molecule has 4 aliphatic heterocycles. The molecule has 5 rings (SSSR count). The zero-order valence-corrected chi connectivity index (χ0v) is 24.8. The molecule has 3 amide bonds. The lowest BCUT2D eigenvalue weighted by Crippen LogP contribution is -2.56. The van der Waals surface area contributed by atoms with Crippen molar-refractivity contribution in [2.75, 3.05) is 56.2 Å². The highest BCUT2D eigenvalue weighted by Crippen LogP contribution is 2.58. The maximum absolute atomic E-state index is 14.6. The molecular weight excluding hydrogens is 520 g/mol. The Morgan fingerprint density at radius 1 is 0.902 bits per heavy atom. The normalized spacial score (nSPS) is 30.8. The summed E-state index contributed by atoms with van der Waals surface area (Å²) in [6.45, 7) is 9.24. The molecule has 5 atom stereocenters. The van der Waals surface area contributed by atoms with Crippen molar-refractivity contribution < 1.29 is 24.2 Å². The highest BCUT2D eigenvalue weighted by molar-refractivity contribution is 6.06. The van der Waals surface area contributed by atoms with Crippen LogP contribution in [0.4, 0.5) is 11.4 Å². The SMILES string of the molecule is CCN(CC)c1ccc(N2CC=C[C@]34O[C@]5(CC)C=CCN(C)C(=O)[C@@H]5[C@H]3C(=O)N(CCCCCO)C4C2=O)cc1. The second kappa shape index (κ2) is 11.6. The van der Waals surface area contributed by atoms with Crippen molar-refractivity contribution in [3.63, 3.8) is 0 Å². The smallest absolute Gasteiger partial charge is 0.253 e. The maximum atomic E-state index is 14.6. The third-order valence-corrected chi connectivity index (χ3v) is 9.49. The van der Waals surface area contributed by atoms with Crippen LogP contribution in [0.15, 0.2) is 48.6 Å². The zero-order valence-electron chi connectivity index (χ0n) is 24.8. The van der Waals surface area contributed by atoms with Gasteiger partial charge in [0, 0.05) is 57.8 Å². The predicted molar refractivity (Wildman–Crippen MR) is 159 cm³/mol. The first-order chi connectivity index (χ1) is 19.8. The molecule has 1 N–H and O–H groups in total. The van der Waals surface area contributed by atoms with Gasteiger partial charge in [0.15, 0.2) is 0 Å². The van der Waals surface area contributed by atoms with Crippen LogP contribution in [0.3, 0.4) is 0 Å². The summed E-state index contributed by atoms with van der Waals surface area (Å²) >= 11 is 0. The van der Waals surface area contributed by atoms with E-state index in [1.807, 2.05) is 55.5 Å². The number of carbonyl (C=O) groups is 3. The molecule has 41 heavy (non-hydrogen) atoms. The summed E-state index contributed by atoms with van der Waals surface area (Å²) in [4.78, 5) is 50.1. The molecule has 0 saturated carbocycles. The number of likely N-dealkylation sites (N-methyl/N-ethyl adjacent to an activating group) is 1. The fraction of sp³-hybridized carbons (Fsp3) is 0.594. The molecular formula is C32H44N4O5. The predicted octanol–water partition coefficient (Wildman–Crippen LogP) is 2.99. The van der Waals surface area contributed by atoms with Crippen molar-refractivity contribution in [1.29, 1.82) is 0 Å². The summed E-state index contributed by atoms with van der Waals surface area (Å²) in [7, 11) is 1.75. The minimum absolute atomic E-state index is 0.0836. The van der Waals surface area contributed by atoms with Gasteiger partial charge >= 0.3 is 0 Å². The summed E-state index contributed by atoms with van der Waals surface area (Å²) in [5.41, 5.74) is -0.362. The number of carbonyl (C=O) groups excluding carboxylic acids is 3. The van der Waals surface area contributed by atoms with Crippen LogP contribution in [-0.2, 0) is 19.1 Å². The molecule has 222 valence electrons. The Balaban J connectivity index is 1.57. The van der Waals surface area contributed by atoms with Gasteiger partial charge < -0.3 is 29.4 Å². The topological polar surface area (TPSA) is 93.6 Å². The molecule has 0 bridgehead atoms. The number of benzene rings is 1. The lowest BCUT2D eigenvalue weighted by molar-refractivity contribution is -0.149. The van der Waals surface area contributed by atoms with E-state index in [9.17, 15) is 19.5 Å². The lowest BCUT2D eigenvalue weighted by Gasteiger charge is -2.38. The van der Waals surface area contributed by atoms with Crippen molar-refractivity contribution in [2.24, 2.45) is 11.8 Å². The Labute approximate surface area is 243 Å². The molecule has 1 unspecified atom stereocenters. The maximum Gasteiger partial charge on any atom is 0.253 e. The van der Waals surface area contributed by atoms with E-state index in [-0.39, 0.29) is 24.3 Å². The summed E-state index contributed by atoms with van der Waals surface area (Å²) in [5.74, 6) is -2.04.